The molecule has 29 heavy (non-hydrogen) atoms. The van der Waals surface area contributed by atoms with Gasteiger partial charge in [-0.3, -0.25) is 19.5 Å². The molecule has 2 aromatic heterocycles. The Kier molecular flexibility index (Phi) is 4.12. The molecule has 3 heterocycles. The molecule has 0 radical (unpaired) electrons. The molecular weight excluding hydrogens is 370 g/mol. The maximum absolute atomic E-state index is 13.0. The number of likely N-dealkylation sites (N-methyl/N-ethyl adjacent to an activating group) is 1. The first-order valence-corrected chi connectivity index (χ1v) is 9.50. The van der Waals surface area contributed by atoms with Crippen molar-refractivity contribution in [1.82, 2.24) is 20.4 Å². The van der Waals surface area contributed by atoms with Crippen LogP contribution < -0.4 is 10.2 Å². The summed E-state index contributed by atoms with van der Waals surface area (Å²) in [6.07, 6.45) is 4.55. The number of aromatic nitrogens is 3. The van der Waals surface area contributed by atoms with E-state index in [1.165, 1.54) is 4.90 Å². The van der Waals surface area contributed by atoms with Crippen molar-refractivity contribution in [3.63, 3.8) is 0 Å². The number of anilines is 1. The zero-order chi connectivity index (χ0) is 20.0. The molecule has 1 aromatic carbocycles. The van der Waals surface area contributed by atoms with Gasteiger partial charge in [0.05, 0.1) is 5.69 Å². The molecule has 8 nitrogen and oxygen atoms in total. The number of hydrogen-bond donors (Lipinski definition) is 1. The largest absolute Gasteiger partial charge is 0.360 e. The van der Waals surface area contributed by atoms with Crippen LogP contribution in [0.4, 0.5) is 5.82 Å². The molecule has 3 aromatic rings. The molecule has 146 valence electrons. The second kappa shape index (κ2) is 6.80. The number of benzene rings is 1. The fourth-order valence-electron chi connectivity index (χ4n) is 3.94. The summed E-state index contributed by atoms with van der Waals surface area (Å²) in [5.41, 5.74) is 2.05. The Morgan fingerprint density at radius 3 is 2.86 bits per heavy atom. The number of nitrogens with one attached hydrogen (secondary N) is 1. The molecule has 0 bridgehead atoms. The number of carbonyl (C=O) groups is 2. The van der Waals surface area contributed by atoms with E-state index in [4.69, 9.17) is 4.52 Å². The van der Waals surface area contributed by atoms with Gasteiger partial charge in [-0.25, -0.2) is 4.98 Å². The Labute approximate surface area is 166 Å². The summed E-state index contributed by atoms with van der Waals surface area (Å²) >= 11 is 0. The van der Waals surface area contributed by atoms with Gasteiger partial charge >= 0.3 is 0 Å². The molecule has 2 aliphatic rings. The van der Waals surface area contributed by atoms with E-state index in [1.54, 1.807) is 25.5 Å². The quantitative estimate of drug-likeness (QED) is 0.732. The van der Waals surface area contributed by atoms with Gasteiger partial charge in [-0.15, -0.1) is 0 Å². The molecular formula is C21H19N5O3. The Hall–Kier alpha value is -3.55. The average Bonchev–Trinajstić information content (AvgIpc) is 3.41. The topological polar surface area (TPSA) is 101 Å². The van der Waals surface area contributed by atoms with Crippen molar-refractivity contribution in [3.8, 4) is 0 Å². The Morgan fingerprint density at radius 1 is 1.24 bits per heavy atom. The molecule has 0 spiro atoms. The fraction of sp³-hybridized carbons (Fsp3) is 0.286. The van der Waals surface area contributed by atoms with Gasteiger partial charge in [0.25, 0.3) is 11.8 Å². The molecule has 1 saturated carbocycles. The highest BCUT2D eigenvalue weighted by atomic mass is 16.5. The van der Waals surface area contributed by atoms with Gasteiger partial charge in [0, 0.05) is 37.8 Å². The minimum Gasteiger partial charge on any atom is -0.360 e. The highest BCUT2D eigenvalue weighted by Crippen LogP contribution is 2.53. The summed E-state index contributed by atoms with van der Waals surface area (Å²) in [7, 11) is 1.66. The van der Waals surface area contributed by atoms with Crippen LogP contribution in [0.25, 0.3) is 0 Å². The molecule has 0 unspecified atom stereocenters. The first-order valence-electron chi connectivity index (χ1n) is 9.50. The van der Waals surface area contributed by atoms with Crippen LogP contribution >= 0.6 is 0 Å². The van der Waals surface area contributed by atoms with E-state index in [0.717, 1.165) is 17.7 Å². The Bertz CT molecular complexity index is 1080. The van der Waals surface area contributed by atoms with Crippen LogP contribution in [-0.2, 0) is 11.2 Å². The predicted octanol–water partition coefficient (Wildman–Crippen LogP) is 1.93. The van der Waals surface area contributed by atoms with E-state index in [0.29, 0.717) is 18.0 Å². The standard InChI is InChI=1S/C21H19N5O3/c1-26-19-17(22-7-8-23-19)14-11-15(14)18(21(26)28)24-20(27)16-10-13(29-25-16)9-12-5-3-2-4-6-12/h2-8,10,14-15,18H,9,11H2,1H3,(H,24,27)/t14-,15+,18+/m1/s1. The van der Waals surface area contributed by atoms with Crippen LogP contribution in [0.15, 0.2) is 53.3 Å². The van der Waals surface area contributed by atoms with Crippen molar-refractivity contribution in [2.24, 2.45) is 5.92 Å². The maximum Gasteiger partial charge on any atom is 0.274 e. The average molecular weight is 389 g/mol. The lowest BCUT2D eigenvalue weighted by atomic mass is 10.1. The van der Waals surface area contributed by atoms with Gasteiger partial charge in [0.2, 0.25) is 0 Å². The lowest BCUT2D eigenvalue weighted by molar-refractivity contribution is -0.120. The lowest BCUT2D eigenvalue weighted by Gasteiger charge is -2.22. The molecule has 2 amide bonds. The van der Waals surface area contributed by atoms with Crippen molar-refractivity contribution < 1.29 is 14.1 Å². The van der Waals surface area contributed by atoms with E-state index >= 15 is 0 Å². The zero-order valence-corrected chi connectivity index (χ0v) is 15.8. The number of carbonyl (C=O) groups excluding carboxylic acids is 2. The normalized spacial score (nSPS) is 22.4. The molecule has 0 saturated heterocycles. The van der Waals surface area contributed by atoms with Crippen LogP contribution in [0.5, 0.6) is 0 Å². The van der Waals surface area contributed by atoms with E-state index in [1.807, 2.05) is 30.3 Å². The van der Waals surface area contributed by atoms with Gasteiger partial charge in [0.1, 0.15) is 11.8 Å². The van der Waals surface area contributed by atoms with Gasteiger partial charge in [0.15, 0.2) is 11.5 Å². The van der Waals surface area contributed by atoms with Crippen LogP contribution in [-0.4, -0.2) is 40.0 Å². The molecule has 3 atom stereocenters. The maximum atomic E-state index is 13.0. The lowest BCUT2D eigenvalue weighted by Crippen LogP contribution is -2.48. The summed E-state index contributed by atoms with van der Waals surface area (Å²) in [5, 5.41) is 6.74. The van der Waals surface area contributed by atoms with Crippen molar-refractivity contribution in [2.45, 2.75) is 24.8 Å². The van der Waals surface area contributed by atoms with Gasteiger partial charge in [-0.2, -0.15) is 0 Å². The zero-order valence-electron chi connectivity index (χ0n) is 15.8. The minimum absolute atomic E-state index is 0.0162. The number of hydrogen-bond acceptors (Lipinski definition) is 6. The molecule has 1 aliphatic heterocycles. The van der Waals surface area contributed by atoms with Crippen LogP contribution in [0.3, 0.4) is 0 Å². The predicted molar refractivity (Wildman–Crippen MR) is 103 cm³/mol. The first kappa shape index (κ1) is 17.5. The van der Waals surface area contributed by atoms with Crippen LogP contribution in [0, 0.1) is 5.92 Å². The summed E-state index contributed by atoms with van der Waals surface area (Å²) in [6.45, 7) is 0. The van der Waals surface area contributed by atoms with Crippen molar-refractivity contribution in [3.05, 3.63) is 71.5 Å². The number of nitrogens with zero attached hydrogens (tertiary/aromatic N) is 4. The van der Waals surface area contributed by atoms with E-state index in [-0.39, 0.29) is 23.4 Å². The summed E-state index contributed by atoms with van der Waals surface area (Å²) in [6, 6.07) is 10.8. The van der Waals surface area contributed by atoms with E-state index in [9.17, 15) is 9.59 Å². The SMILES string of the molecule is CN1C(=O)[C@@H](NC(=O)c2cc(Cc3ccccc3)on2)[C@H]2C[C@H]2c2nccnc21. The molecule has 1 fully saturated rings. The highest BCUT2D eigenvalue weighted by molar-refractivity contribution is 6.02. The molecule has 5 rings (SSSR count). The van der Waals surface area contributed by atoms with Crippen molar-refractivity contribution >= 4 is 17.6 Å². The van der Waals surface area contributed by atoms with Crippen LogP contribution in [0.2, 0.25) is 0 Å². The van der Waals surface area contributed by atoms with Gasteiger partial charge in [-0.1, -0.05) is 35.5 Å². The summed E-state index contributed by atoms with van der Waals surface area (Å²) < 4.78 is 5.31. The third-order valence-electron chi connectivity index (χ3n) is 5.54. The minimum atomic E-state index is -0.636. The van der Waals surface area contributed by atoms with Crippen molar-refractivity contribution in [1.29, 1.82) is 0 Å². The number of rotatable bonds is 4. The Balaban J connectivity index is 1.32. The molecule has 1 aliphatic carbocycles. The van der Waals surface area contributed by atoms with Crippen molar-refractivity contribution in [2.75, 3.05) is 11.9 Å². The van der Waals surface area contributed by atoms with Gasteiger partial charge < -0.3 is 9.84 Å². The monoisotopic (exact) mass is 389 g/mol. The molecule has 1 N–H and O–H groups in total. The van der Waals surface area contributed by atoms with E-state index in [2.05, 4.69) is 20.4 Å². The highest BCUT2D eigenvalue weighted by Gasteiger charge is 2.53. The second-order valence-corrected chi connectivity index (χ2v) is 7.46. The Morgan fingerprint density at radius 2 is 2.03 bits per heavy atom. The third-order valence-corrected chi connectivity index (χ3v) is 5.54. The summed E-state index contributed by atoms with van der Waals surface area (Å²) in [4.78, 5) is 35.9. The smallest absolute Gasteiger partial charge is 0.274 e. The number of amides is 2. The number of fused-ring (bicyclic) bond motifs is 3. The summed E-state index contributed by atoms with van der Waals surface area (Å²) in [5.74, 6) is 0.686. The molecule has 8 heteroatoms. The second-order valence-electron chi connectivity index (χ2n) is 7.46. The van der Waals surface area contributed by atoms with Gasteiger partial charge in [-0.05, 0) is 17.9 Å². The van der Waals surface area contributed by atoms with Crippen LogP contribution in [0.1, 0.15) is 39.8 Å². The third kappa shape index (κ3) is 3.16. The van der Waals surface area contributed by atoms with E-state index < -0.39 is 11.9 Å². The fourth-order valence-corrected chi connectivity index (χ4v) is 3.94. The first-order chi connectivity index (χ1) is 14.1.